The Balaban J connectivity index is 1.48. The second kappa shape index (κ2) is 6.17. The molecule has 0 spiro atoms. The summed E-state index contributed by atoms with van der Waals surface area (Å²) in [7, 11) is 0. The lowest BCUT2D eigenvalue weighted by atomic mass is 10.1. The summed E-state index contributed by atoms with van der Waals surface area (Å²) in [5.74, 6) is 1.72. The molecule has 2 aromatic heterocycles. The first kappa shape index (κ1) is 15.0. The van der Waals surface area contributed by atoms with Gasteiger partial charge >= 0.3 is 0 Å². The van der Waals surface area contributed by atoms with Crippen LogP contribution in [0.3, 0.4) is 0 Å². The maximum Gasteiger partial charge on any atom is 0.151 e. The molecular formula is C19H20N4O. The van der Waals surface area contributed by atoms with Crippen molar-refractivity contribution >= 4 is 0 Å². The molecule has 0 saturated heterocycles. The topological polar surface area (TPSA) is 55.1 Å². The van der Waals surface area contributed by atoms with E-state index in [4.69, 9.17) is 4.52 Å². The molecule has 24 heavy (non-hydrogen) atoms. The summed E-state index contributed by atoms with van der Waals surface area (Å²) in [5, 5.41) is 4.21. The first-order valence-corrected chi connectivity index (χ1v) is 8.24. The molecule has 0 atom stereocenters. The fraction of sp³-hybridized carbons (Fsp3) is 0.316. The molecule has 0 bridgehead atoms. The van der Waals surface area contributed by atoms with Crippen LogP contribution in [0.15, 0.2) is 41.1 Å². The lowest BCUT2D eigenvalue weighted by Crippen LogP contribution is -2.31. The molecule has 0 amide bonds. The predicted octanol–water partition coefficient (Wildman–Crippen LogP) is 3.31. The molecule has 1 aliphatic heterocycles. The molecule has 1 aromatic carbocycles. The molecule has 5 nitrogen and oxygen atoms in total. The molecule has 0 aliphatic carbocycles. The molecule has 1 aliphatic rings. The second-order valence-electron chi connectivity index (χ2n) is 6.39. The van der Waals surface area contributed by atoms with Crippen molar-refractivity contribution < 1.29 is 4.52 Å². The van der Waals surface area contributed by atoms with E-state index in [-0.39, 0.29) is 0 Å². The number of aryl methyl sites for hydroxylation is 2. The van der Waals surface area contributed by atoms with Crippen LogP contribution in [-0.2, 0) is 19.5 Å². The molecule has 0 saturated carbocycles. The van der Waals surface area contributed by atoms with Crippen molar-refractivity contribution in [1.29, 1.82) is 0 Å². The fourth-order valence-corrected chi connectivity index (χ4v) is 3.06. The molecule has 3 aromatic rings. The highest BCUT2D eigenvalue weighted by atomic mass is 16.5. The summed E-state index contributed by atoms with van der Waals surface area (Å²) in [4.78, 5) is 11.2. The van der Waals surface area contributed by atoms with E-state index in [9.17, 15) is 0 Å². The molecule has 0 radical (unpaired) electrons. The zero-order valence-corrected chi connectivity index (χ0v) is 14.0. The second-order valence-corrected chi connectivity index (χ2v) is 6.39. The largest absolute Gasteiger partial charge is 0.359 e. The van der Waals surface area contributed by atoms with Crippen molar-refractivity contribution in [3.05, 3.63) is 64.9 Å². The Labute approximate surface area is 141 Å². The van der Waals surface area contributed by atoms with Gasteiger partial charge in [0.15, 0.2) is 5.76 Å². The van der Waals surface area contributed by atoms with Crippen LogP contribution in [0.5, 0.6) is 0 Å². The Kier molecular flexibility index (Phi) is 3.86. The number of benzene rings is 1. The van der Waals surface area contributed by atoms with Crippen LogP contribution in [0.4, 0.5) is 0 Å². The van der Waals surface area contributed by atoms with Crippen molar-refractivity contribution in [2.45, 2.75) is 33.4 Å². The van der Waals surface area contributed by atoms with E-state index >= 15 is 0 Å². The standard InChI is InChI=1S/C19H20N4O/c1-13-3-5-15(6-4-13)18-9-17(24-22-18)11-23-8-7-16-10-20-14(2)21-19(16)12-23/h3-6,9-10H,7-8,11-12H2,1-2H3. The van der Waals surface area contributed by atoms with Gasteiger partial charge in [0, 0.05) is 30.9 Å². The molecule has 3 heterocycles. The van der Waals surface area contributed by atoms with Crippen LogP contribution >= 0.6 is 0 Å². The van der Waals surface area contributed by atoms with Gasteiger partial charge in [-0.3, -0.25) is 4.90 Å². The number of fused-ring (bicyclic) bond motifs is 1. The lowest BCUT2D eigenvalue weighted by Gasteiger charge is -2.26. The van der Waals surface area contributed by atoms with E-state index in [1.807, 2.05) is 19.2 Å². The van der Waals surface area contributed by atoms with Crippen molar-refractivity contribution in [1.82, 2.24) is 20.0 Å². The summed E-state index contributed by atoms with van der Waals surface area (Å²) in [5.41, 5.74) is 5.61. The van der Waals surface area contributed by atoms with Crippen LogP contribution in [0, 0.1) is 13.8 Å². The normalized spacial score (nSPS) is 14.6. The minimum atomic E-state index is 0.751. The summed E-state index contributed by atoms with van der Waals surface area (Å²) in [6, 6.07) is 10.4. The predicted molar refractivity (Wildman–Crippen MR) is 91.3 cm³/mol. The molecule has 0 N–H and O–H groups in total. The van der Waals surface area contributed by atoms with Gasteiger partial charge in [0.05, 0.1) is 12.2 Å². The van der Waals surface area contributed by atoms with E-state index in [1.165, 1.54) is 11.1 Å². The number of aromatic nitrogens is 3. The Morgan fingerprint density at radius 1 is 1.17 bits per heavy atom. The number of hydrogen-bond acceptors (Lipinski definition) is 5. The number of nitrogens with zero attached hydrogens (tertiary/aromatic N) is 4. The monoisotopic (exact) mass is 320 g/mol. The minimum Gasteiger partial charge on any atom is -0.359 e. The molecular weight excluding hydrogens is 300 g/mol. The summed E-state index contributed by atoms with van der Waals surface area (Å²) in [6.07, 6.45) is 2.94. The van der Waals surface area contributed by atoms with Gasteiger partial charge in [0.1, 0.15) is 11.5 Å². The van der Waals surface area contributed by atoms with Gasteiger partial charge in [-0.15, -0.1) is 0 Å². The van der Waals surface area contributed by atoms with E-state index in [0.29, 0.717) is 0 Å². The van der Waals surface area contributed by atoms with Crippen molar-refractivity contribution in [3.8, 4) is 11.3 Å². The van der Waals surface area contributed by atoms with Crippen molar-refractivity contribution in [2.24, 2.45) is 0 Å². The lowest BCUT2D eigenvalue weighted by molar-refractivity contribution is 0.211. The molecule has 4 rings (SSSR count). The average molecular weight is 320 g/mol. The highest BCUT2D eigenvalue weighted by molar-refractivity contribution is 5.59. The maximum atomic E-state index is 5.54. The van der Waals surface area contributed by atoms with Gasteiger partial charge in [-0.2, -0.15) is 0 Å². The van der Waals surface area contributed by atoms with E-state index < -0.39 is 0 Å². The van der Waals surface area contributed by atoms with Crippen molar-refractivity contribution in [3.63, 3.8) is 0 Å². The third kappa shape index (κ3) is 3.08. The van der Waals surface area contributed by atoms with Gasteiger partial charge in [-0.05, 0) is 25.8 Å². The van der Waals surface area contributed by atoms with Crippen LogP contribution in [-0.4, -0.2) is 26.6 Å². The minimum absolute atomic E-state index is 0.751. The Bertz CT molecular complexity index is 854. The third-order valence-corrected chi connectivity index (χ3v) is 4.43. The molecule has 0 unspecified atom stereocenters. The fourth-order valence-electron chi connectivity index (χ4n) is 3.06. The Morgan fingerprint density at radius 2 is 2.00 bits per heavy atom. The van der Waals surface area contributed by atoms with Gasteiger partial charge in [-0.1, -0.05) is 35.0 Å². The quantitative estimate of drug-likeness (QED) is 0.741. The van der Waals surface area contributed by atoms with Gasteiger partial charge < -0.3 is 4.52 Å². The molecule has 122 valence electrons. The maximum absolute atomic E-state index is 5.54. The molecule has 0 fully saturated rings. The highest BCUT2D eigenvalue weighted by Crippen LogP contribution is 2.22. The van der Waals surface area contributed by atoms with Gasteiger partial charge in [-0.25, -0.2) is 9.97 Å². The van der Waals surface area contributed by atoms with E-state index in [0.717, 1.165) is 54.6 Å². The van der Waals surface area contributed by atoms with Crippen LogP contribution in [0.25, 0.3) is 11.3 Å². The highest BCUT2D eigenvalue weighted by Gasteiger charge is 2.19. The summed E-state index contributed by atoms with van der Waals surface area (Å²) in [6.45, 7) is 6.58. The first-order valence-electron chi connectivity index (χ1n) is 8.24. The first-order chi connectivity index (χ1) is 11.7. The Hall–Kier alpha value is -2.53. The van der Waals surface area contributed by atoms with E-state index in [1.54, 1.807) is 0 Å². The van der Waals surface area contributed by atoms with Crippen LogP contribution < -0.4 is 0 Å². The average Bonchev–Trinajstić information content (AvgIpc) is 3.03. The van der Waals surface area contributed by atoms with Gasteiger partial charge in [0.25, 0.3) is 0 Å². The molecule has 5 heteroatoms. The van der Waals surface area contributed by atoms with E-state index in [2.05, 4.69) is 51.2 Å². The number of rotatable bonds is 3. The zero-order chi connectivity index (χ0) is 16.5. The van der Waals surface area contributed by atoms with Crippen molar-refractivity contribution in [2.75, 3.05) is 6.54 Å². The Morgan fingerprint density at radius 3 is 2.83 bits per heavy atom. The smallest absolute Gasteiger partial charge is 0.151 e. The summed E-state index contributed by atoms with van der Waals surface area (Å²) < 4.78 is 5.54. The zero-order valence-electron chi connectivity index (χ0n) is 14.0. The van der Waals surface area contributed by atoms with Gasteiger partial charge in [0.2, 0.25) is 0 Å². The van der Waals surface area contributed by atoms with Crippen LogP contribution in [0.2, 0.25) is 0 Å². The SMILES string of the molecule is Cc1ccc(-c2cc(CN3CCc4cnc(C)nc4C3)on2)cc1. The third-order valence-electron chi connectivity index (χ3n) is 4.43. The summed E-state index contributed by atoms with van der Waals surface area (Å²) >= 11 is 0. The van der Waals surface area contributed by atoms with Crippen LogP contribution in [0.1, 0.15) is 28.4 Å². The number of hydrogen-bond donors (Lipinski definition) is 0.